The average molecular weight is 237 g/mol. The highest BCUT2D eigenvalue weighted by Crippen LogP contribution is 2.03. The maximum atomic E-state index is 10.9. The summed E-state index contributed by atoms with van der Waals surface area (Å²) in [4.78, 5) is 26.1. The van der Waals surface area contributed by atoms with Crippen LogP contribution in [0.4, 0.5) is 0 Å². The van der Waals surface area contributed by atoms with E-state index in [2.05, 4.69) is 15.3 Å². The van der Waals surface area contributed by atoms with Crippen molar-refractivity contribution in [1.82, 2.24) is 15.3 Å². The third-order valence-electron chi connectivity index (χ3n) is 2.59. The maximum Gasteiger partial charge on any atom is 0.326 e. The van der Waals surface area contributed by atoms with Crippen molar-refractivity contribution in [2.24, 2.45) is 0 Å². The van der Waals surface area contributed by atoms with E-state index in [0.717, 1.165) is 0 Å². The Morgan fingerprint density at radius 2 is 1.76 bits per heavy atom. The van der Waals surface area contributed by atoms with Gasteiger partial charge in [0.15, 0.2) is 0 Å². The minimum atomic E-state index is -0.524. The lowest BCUT2D eigenvalue weighted by Gasteiger charge is -2.08. The van der Waals surface area contributed by atoms with Gasteiger partial charge in [-0.2, -0.15) is 0 Å². The van der Waals surface area contributed by atoms with Crippen LogP contribution in [0.5, 0.6) is 0 Å². The number of fused-ring (bicyclic) bond motifs is 1. The summed E-state index contributed by atoms with van der Waals surface area (Å²) in [7, 11) is 0. The molecule has 92 valence electrons. The first-order valence-corrected chi connectivity index (χ1v) is 5.66. The van der Waals surface area contributed by atoms with Crippen molar-refractivity contribution in [2.75, 3.05) is 13.1 Å². The molecule has 0 unspecified atom stereocenters. The smallest absolute Gasteiger partial charge is 0.326 e. The van der Waals surface area contributed by atoms with Gasteiger partial charge in [-0.05, 0) is 25.9 Å². The Morgan fingerprint density at radius 1 is 1.00 bits per heavy atom. The molecule has 0 radical (unpaired) electrons. The third-order valence-corrected chi connectivity index (χ3v) is 2.59. The quantitative estimate of drug-likeness (QED) is 0.624. The van der Waals surface area contributed by atoms with Crippen molar-refractivity contribution in [2.45, 2.75) is 19.3 Å². The fourth-order valence-corrected chi connectivity index (χ4v) is 1.70. The van der Waals surface area contributed by atoms with Crippen LogP contribution in [-0.2, 0) is 0 Å². The van der Waals surface area contributed by atoms with E-state index < -0.39 is 11.2 Å². The van der Waals surface area contributed by atoms with E-state index >= 15 is 0 Å². The summed E-state index contributed by atoms with van der Waals surface area (Å²) in [5, 5.41) is 3.64. The molecule has 2 aromatic rings. The number of rotatable bonds is 0. The van der Waals surface area contributed by atoms with E-state index in [1.165, 1.54) is 44.9 Å². The van der Waals surface area contributed by atoms with Gasteiger partial charge in [-0.15, -0.1) is 0 Å². The van der Waals surface area contributed by atoms with Gasteiger partial charge >= 0.3 is 5.69 Å². The topological polar surface area (TPSA) is 90.9 Å². The Kier molecular flexibility index (Phi) is 3.77. The van der Waals surface area contributed by atoms with E-state index in [1.54, 1.807) is 0 Å². The molecule has 0 aromatic carbocycles. The molecular weight excluding hydrogens is 222 g/mol. The summed E-state index contributed by atoms with van der Waals surface area (Å²) in [5.74, 6) is 0. The molecule has 3 rings (SSSR count). The van der Waals surface area contributed by atoms with Crippen LogP contribution >= 0.6 is 0 Å². The molecule has 1 fully saturated rings. The molecule has 0 amide bonds. The molecule has 1 aliphatic rings. The van der Waals surface area contributed by atoms with Gasteiger partial charge in [0.05, 0.1) is 5.52 Å². The molecule has 0 saturated carbocycles. The van der Waals surface area contributed by atoms with Crippen LogP contribution in [0.25, 0.3) is 10.9 Å². The molecule has 0 bridgehead atoms. The number of furan rings is 1. The number of H-pyrrole nitrogens is 2. The van der Waals surface area contributed by atoms with E-state index in [0.29, 0.717) is 10.9 Å². The van der Waals surface area contributed by atoms with Gasteiger partial charge in [0, 0.05) is 0 Å². The number of piperidine rings is 1. The van der Waals surface area contributed by atoms with Gasteiger partial charge in [0.25, 0.3) is 5.56 Å². The lowest BCUT2D eigenvalue weighted by molar-refractivity contribution is 0.520. The van der Waals surface area contributed by atoms with Gasteiger partial charge in [0.2, 0.25) is 0 Å². The zero-order valence-corrected chi connectivity index (χ0v) is 9.41. The van der Waals surface area contributed by atoms with Crippen LogP contribution in [0.1, 0.15) is 19.3 Å². The fourth-order valence-electron chi connectivity index (χ4n) is 1.70. The van der Waals surface area contributed by atoms with Crippen molar-refractivity contribution in [1.29, 1.82) is 0 Å². The summed E-state index contributed by atoms with van der Waals surface area (Å²) in [6.07, 6.45) is 6.81. The van der Waals surface area contributed by atoms with Gasteiger partial charge in [-0.25, -0.2) is 4.79 Å². The van der Waals surface area contributed by atoms with Gasteiger partial charge in [0.1, 0.15) is 17.9 Å². The molecule has 6 nitrogen and oxygen atoms in total. The summed E-state index contributed by atoms with van der Waals surface area (Å²) in [5.41, 5.74) is -0.542. The second kappa shape index (κ2) is 5.49. The van der Waals surface area contributed by atoms with E-state index in [1.807, 2.05) is 0 Å². The lowest BCUT2D eigenvalue weighted by Crippen LogP contribution is -2.21. The molecular formula is C11H15N3O3. The maximum absolute atomic E-state index is 10.9. The Bertz CT molecular complexity index is 566. The summed E-state index contributed by atoms with van der Waals surface area (Å²) >= 11 is 0. The SMILES string of the molecule is C1CCNCC1.O=c1[nH]c(=O)c2cocc2[nH]1. The first-order valence-electron chi connectivity index (χ1n) is 5.66. The highest BCUT2D eigenvalue weighted by Gasteiger charge is 2.00. The van der Waals surface area contributed by atoms with Crippen LogP contribution in [-0.4, -0.2) is 23.1 Å². The standard InChI is InChI=1S/C6H4N2O3.C5H11N/c9-5-3-1-11-2-4(3)7-6(10)8-5;1-2-4-6-5-3-1/h1-2H,(H2,7,8,9,10);6H,1-5H2. The molecule has 1 saturated heterocycles. The molecule has 17 heavy (non-hydrogen) atoms. The molecule has 3 N–H and O–H groups in total. The number of hydrogen-bond donors (Lipinski definition) is 3. The molecule has 0 aliphatic carbocycles. The molecule has 0 atom stereocenters. The molecule has 3 heterocycles. The molecule has 1 aliphatic heterocycles. The van der Waals surface area contributed by atoms with Crippen LogP contribution in [0, 0.1) is 0 Å². The minimum Gasteiger partial charge on any atom is -0.470 e. The molecule has 2 aromatic heterocycles. The Hall–Kier alpha value is -1.82. The van der Waals surface area contributed by atoms with E-state index in [9.17, 15) is 9.59 Å². The van der Waals surface area contributed by atoms with Crippen molar-refractivity contribution in [3.63, 3.8) is 0 Å². The third kappa shape index (κ3) is 3.07. The summed E-state index contributed by atoms with van der Waals surface area (Å²) < 4.78 is 4.71. The zero-order valence-electron chi connectivity index (χ0n) is 9.41. The minimum absolute atomic E-state index is 0.351. The Balaban J connectivity index is 0.000000153. The zero-order chi connectivity index (χ0) is 12.1. The molecule has 6 heteroatoms. The highest BCUT2D eigenvalue weighted by molar-refractivity contribution is 5.74. The largest absolute Gasteiger partial charge is 0.470 e. The van der Waals surface area contributed by atoms with Gasteiger partial charge in [-0.1, -0.05) is 6.42 Å². The Labute approximate surface area is 97.0 Å². The van der Waals surface area contributed by atoms with Gasteiger partial charge in [-0.3, -0.25) is 9.78 Å². The lowest BCUT2D eigenvalue weighted by atomic mass is 10.2. The second-order valence-electron chi connectivity index (χ2n) is 3.92. The van der Waals surface area contributed by atoms with E-state index in [-0.39, 0.29) is 0 Å². The summed E-state index contributed by atoms with van der Waals surface area (Å²) in [6, 6.07) is 0. The van der Waals surface area contributed by atoms with Crippen LogP contribution in [0.3, 0.4) is 0 Å². The van der Waals surface area contributed by atoms with E-state index in [4.69, 9.17) is 4.42 Å². The predicted octanol–water partition coefficient (Wildman–Crippen LogP) is 0.569. The number of aromatic amines is 2. The van der Waals surface area contributed by atoms with Crippen LogP contribution in [0.15, 0.2) is 26.5 Å². The first kappa shape index (κ1) is 11.7. The van der Waals surface area contributed by atoms with Crippen molar-refractivity contribution < 1.29 is 4.42 Å². The Morgan fingerprint density at radius 3 is 2.35 bits per heavy atom. The first-order chi connectivity index (χ1) is 8.27. The van der Waals surface area contributed by atoms with Crippen molar-refractivity contribution >= 4 is 10.9 Å². The van der Waals surface area contributed by atoms with Crippen molar-refractivity contribution in [3.05, 3.63) is 33.4 Å². The highest BCUT2D eigenvalue weighted by atomic mass is 16.3. The monoisotopic (exact) mass is 237 g/mol. The second-order valence-corrected chi connectivity index (χ2v) is 3.92. The predicted molar refractivity (Wildman–Crippen MR) is 64.2 cm³/mol. The van der Waals surface area contributed by atoms with Crippen molar-refractivity contribution in [3.8, 4) is 0 Å². The number of hydrogen-bond acceptors (Lipinski definition) is 4. The van der Waals surface area contributed by atoms with Gasteiger partial charge < -0.3 is 14.7 Å². The normalized spacial score (nSPS) is 15.3. The van der Waals surface area contributed by atoms with Crippen LogP contribution in [0.2, 0.25) is 0 Å². The average Bonchev–Trinajstić information content (AvgIpc) is 2.80. The number of aromatic nitrogens is 2. The molecule has 0 spiro atoms. The number of nitrogens with one attached hydrogen (secondary N) is 3. The fraction of sp³-hybridized carbons (Fsp3) is 0.455. The van der Waals surface area contributed by atoms with Crippen LogP contribution < -0.4 is 16.6 Å². The summed E-state index contributed by atoms with van der Waals surface area (Å²) in [6.45, 7) is 2.50.